The lowest BCUT2D eigenvalue weighted by Crippen LogP contribution is -2.24. The summed E-state index contributed by atoms with van der Waals surface area (Å²) in [5, 5.41) is 13.3. The first-order valence-corrected chi connectivity index (χ1v) is 5.56. The molecule has 0 unspecified atom stereocenters. The molecule has 0 aliphatic rings. The van der Waals surface area contributed by atoms with Gasteiger partial charge in [-0.05, 0) is 26.7 Å². The van der Waals surface area contributed by atoms with E-state index in [2.05, 4.69) is 43.7 Å². The highest BCUT2D eigenvalue weighted by molar-refractivity contribution is 14.1. The van der Waals surface area contributed by atoms with Gasteiger partial charge in [0.25, 0.3) is 0 Å². The summed E-state index contributed by atoms with van der Waals surface area (Å²) in [4.78, 5) is 0. The number of benzene rings is 1. The SMILES string of the molecule is O/N=C/C=c1/c(Br)ccc/c1=C/I. The molecule has 1 aromatic carbocycles. The summed E-state index contributed by atoms with van der Waals surface area (Å²) < 4.78 is 2.96. The van der Waals surface area contributed by atoms with Crippen molar-refractivity contribution in [1.82, 2.24) is 0 Å². The summed E-state index contributed by atoms with van der Waals surface area (Å²) in [6.07, 6.45) is 3.10. The second-order valence-corrected chi connectivity index (χ2v) is 3.76. The van der Waals surface area contributed by atoms with Gasteiger partial charge in [0, 0.05) is 4.47 Å². The van der Waals surface area contributed by atoms with Gasteiger partial charge < -0.3 is 5.21 Å². The number of nitrogens with zero attached hydrogens (tertiary/aromatic N) is 1. The van der Waals surface area contributed by atoms with Gasteiger partial charge >= 0.3 is 0 Å². The highest BCUT2D eigenvalue weighted by Crippen LogP contribution is 1.98. The first kappa shape index (κ1) is 10.7. The molecule has 4 heteroatoms. The van der Waals surface area contributed by atoms with E-state index < -0.39 is 0 Å². The molecular formula is C9H7BrINO. The molecule has 13 heavy (non-hydrogen) atoms. The minimum absolute atomic E-state index is 0.984. The Hall–Kier alpha value is -0.360. The molecule has 68 valence electrons. The van der Waals surface area contributed by atoms with E-state index in [9.17, 15) is 0 Å². The Bertz CT molecular complexity index is 428. The van der Waals surface area contributed by atoms with E-state index in [-0.39, 0.29) is 0 Å². The second kappa shape index (κ2) is 5.39. The van der Waals surface area contributed by atoms with Gasteiger partial charge in [0.2, 0.25) is 0 Å². The average molecular weight is 352 g/mol. The zero-order chi connectivity index (χ0) is 9.68. The van der Waals surface area contributed by atoms with Gasteiger partial charge in [-0.25, -0.2) is 0 Å². The Kier molecular flexibility index (Phi) is 4.44. The van der Waals surface area contributed by atoms with Crippen LogP contribution >= 0.6 is 38.5 Å². The van der Waals surface area contributed by atoms with E-state index >= 15 is 0 Å². The van der Waals surface area contributed by atoms with E-state index in [1.165, 1.54) is 6.21 Å². The minimum Gasteiger partial charge on any atom is -0.411 e. The van der Waals surface area contributed by atoms with Crippen LogP contribution in [0.2, 0.25) is 0 Å². The Morgan fingerprint density at radius 1 is 1.46 bits per heavy atom. The lowest BCUT2D eigenvalue weighted by atomic mass is 10.2. The molecule has 0 heterocycles. The van der Waals surface area contributed by atoms with Crippen molar-refractivity contribution in [3.8, 4) is 0 Å². The van der Waals surface area contributed by atoms with Gasteiger partial charge in [-0.3, -0.25) is 0 Å². The zero-order valence-corrected chi connectivity index (χ0v) is 10.4. The first-order chi connectivity index (χ1) is 6.29. The predicted octanol–water partition coefficient (Wildman–Crippen LogP) is 1.86. The molecule has 0 atom stereocenters. The summed E-state index contributed by atoms with van der Waals surface area (Å²) >= 11 is 5.59. The Morgan fingerprint density at radius 3 is 2.85 bits per heavy atom. The molecule has 0 amide bonds. The van der Waals surface area contributed by atoms with Gasteiger partial charge in [0.15, 0.2) is 0 Å². The van der Waals surface area contributed by atoms with Crippen molar-refractivity contribution < 1.29 is 5.21 Å². The van der Waals surface area contributed by atoms with Crippen LogP contribution < -0.4 is 10.4 Å². The molecule has 0 spiro atoms. The molecule has 0 fully saturated rings. The molecule has 0 aromatic heterocycles. The van der Waals surface area contributed by atoms with E-state index in [1.807, 2.05) is 22.3 Å². The molecule has 2 nitrogen and oxygen atoms in total. The monoisotopic (exact) mass is 351 g/mol. The molecule has 0 bridgehead atoms. The third-order valence-electron chi connectivity index (χ3n) is 1.51. The Morgan fingerprint density at radius 2 is 2.23 bits per heavy atom. The zero-order valence-electron chi connectivity index (χ0n) is 6.61. The predicted molar refractivity (Wildman–Crippen MR) is 66.6 cm³/mol. The van der Waals surface area contributed by atoms with Crippen molar-refractivity contribution in [2.45, 2.75) is 0 Å². The normalized spacial score (nSPS) is 14.3. The van der Waals surface area contributed by atoms with E-state index in [4.69, 9.17) is 5.21 Å². The summed E-state index contributed by atoms with van der Waals surface area (Å²) in [6.45, 7) is 0. The maximum Gasteiger partial charge on any atom is 0.0668 e. The Balaban J connectivity index is 3.50. The molecule has 0 radical (unpaired) electrons. The van der Waals surface area contributed by atoms with Crippen molar-refractivity contribution in [2.24, 2.45) is 5.16 Å². The van der Waals surface area contributed by atoms with E-state index in [0.717, 1.165) is 14.9 Å². The number of hydrogen-bond acceptors (Lipinski definition) is 2. The Labute approximate surface area is 97.9 Å². The van der Waals surface area contributed by atoms with Crippen molar-refractivity contribution >= 4 is 54.9 Å². The summed E-state index contributed by atoms with van der Waals surface area (Å²) in [5.74, 6) is 0. The fourth-order valence-corrected chi connectivity index (χ4v) is 1.99. The number of halogens is 2. The van der Waals surface area contributed by atoms with Crippen LogP contribution in [0.1, 0.15) is 0 Å². The summed E-state index contributed by atoms with van der Waals surface area (Å²) in [5.41, 5.74) is 0. The van der Waals surface area contributed by atoms with Gasteiger partial charge in [0.1, 0.15) is 0 Å². The molecule has 1 N–H and O–H groups in total. The number of hydrogen-bond donors (Lipinski definition) is 1. The molecule has 0 saturated heterocycles. The number of oxime groups is 1. The van der Waals surface area contributed by atoms with E-state index in [0.29, 0.717) is 0 Å². The lowest BCUT2D eigenvalue weighted by molar-refractivity contribution is 0.322. The highest BCUT2D eigenvalue weighted by atomic mass is 127. The smallest absolute Gasteiger partial charge is 0.0668 e. The number of rotatable bonds is 1. The van der Waals surface area contributed by atoms with Crippen LogP contribution in [-0.4, -0.2) is 11.4 Å². The van der Waals surface area contributed by atoms with Crippen LogP contribution in [0, 0.1) is 0 Å². The van der Waals surface area contributed by atoms with Gasteiger partial charge in [-0.1, -0.05) is 55.8 Å². The quantitative estimate of drug-likeness (QED) is 0.356. The summed E-state index contributed by atoms with van der Waals surface area (Å²) in [6, 6.07) is 5.90. The van der Waals surface area contributed by atoms with Crippen molar-refractivity contribution in [1.29, 1.82) is 0 Å². The average Bonchev–Trinajstić information content (AvgIpc) is 2.15. The molecule has 0 aliphatic carbocycles. The fraction of sp³-hybridized carbons (Fsp3) is 0. The van der Waals surface area contributed by atoms with Gasteiger partial charge in [-0.2, -0.15) is 0 Å². The lowest BCUT2D eigenvalue weighted by Gasteiger charge is -1.91. The second-order valence-electron chi connectivity index (χ2n) is 2.28. The fourth-order valence-electron chi connectivity index (χ4n) is 0.933. The van der Waals surface area contributed by atoms with Crippen molar-refractivity contribution in [2.75, 3.05) is 0 Å². The van der Waals surface area contributed by atoms with Crippen LogP contribution in [0.15, 0.2) is 27.8 Å². The largest absolute Gasteiger partial charge is 0.411 e. The topological polar surface area (TPSA) is 32.6 Å². The minimum atomic E-state index is 0.984. The molecule has 1 aromatic rings. The van der Waals surface area contributed by atoms with Crippen molar-refractivity contribution in [3.05, 3.63) is 33.1 Å². The maximum atomic E-state index is 8.29. The van der Waals surface area contributed by atoms with Gasteiger partial charge in [-0.15, -0.1) is 0 Å². The molecular weight excluding hydrogens is 345 g/mol. The molecule has 1 rings (SSSR count). The standard InChI is InChI=1S/C9H7BrINO/c10-9-3-1-2-7(6-11)8(9)4-5-12-13/h1-6,13H/b7-6-,8-4+,12-5+. The van der Waals surface area contributed by atoms with Crippen LogP contribution in [0.25, 0.3) is 10.2 Å². The molecule has 0 saturated carbocycles. The highest BCUT2D eigenvalue weighted by Gasteiger charge is 1.89. The van der Waals surface area contributed by atoms with E-state index in [1.54, 1.807) is 6.08 Å². The third-order valence-corrected chi connectivity index (χ3v) is 2.87. The van der Waals surface area contributed by atoms with Crippen LogP contribution in [0.3, 0.4) is 0 Å². The third kappa shape index (κ3) is 2.80. The maximum absolute atomic E-state index is 8.29. The van der Waals surface area contributed by atoms with Crippen molar-refractivity contribution in [3.63, 3.8) is 0 Å². The van der Waals surface area contributed by atoms with Crippen LogP contribution in [0.5, 0.6) is 0 Å². The first-order valence-electron chi connectivity index (χ1n) is 3.52. The van der Waals surface area contributed by atoms with Gasteiger partial charge in [0.05, 0.1) is 6.21 Å². The molecule has 0 aliphatic heterocycles. The van der Waals surface area contributed by atoms with Crippen LogP contribution in [0.4, 0.5) is 0 Å². The summed E-state index contributed by atoms with van der Waals surface area (Å²) in [7, 11) is 0. The van der Waals surface area contributed by atoms with Crippen LogP contribution in [-0.2, 0) is 0 Å².